The lowest BCUT2D eigenvalue weighted by molar-refractivity contribution is -0.112. The first-order valence-electron chi connectivity index (χ1n) is 9.49. The molecular weight excluding hydrogens is 510 g/mol. The molecule has 2 aromatic heterocycles. The van der Waals surface area contributed by atoms with Crippen molar-refractivity contribution >= 4 is 56.0 Å². The van der Waals surface area contributed by atoms with Gasteiger partial charge in [0, 0.05) is 33.6 Å². The van der Waals surface area contributed by atoms with Crippen LogP contribution in [-0.2, 0) is 11.2 Å². The third-order valence-corrected chi connectivity index (χ3v) is 6.25. The van der Waals surface area contributed by atoms with E-state index in [2.05, 4.69) is 26.2 Å². The lowest BCUT2D eigenvalue weighted by Crippen LogP contribution is -2.13. The Balaban J connectivity index is 1.45. The number of carbonyl (C=O) groups excluding carboxylic acids is 1. The summed E-state index contributed by atoms with van der Waals surface area (Å²) in [6, 6.07) is 20.6. The Morgan fingerprint density at radius 1 is 1.19 bits per heavy atom. The number of anilines is 1. The molecule has 0 saturated heterocycles. The van der Waals surface area contributed by atoms with E-state index in [-0.39, 0.29) is 5.57 Å². The van der Waals surface area contributed by atoms with E-state index in [1.54, 1.807) is 24.4 Å². The van der Waals surface area contributed by atoms with Crippen molar-refractivity contribution in [2.24, 2.45) is 0 Å². The summed E-state index contributed by atoms with van der Waals surface area (Å²) in [7, 11) is 0. The molecule has 2 aromatic carbocycles. The average molecular weight is 525 g/mol. The molecule has 0 radical (unpaired) electrons. The highest BCUT2D eigenvalue weighted by Gasteiger charge is 2.14. The number of hydrogen-bond donors (Lipinski definition) is 1. The van der Waals surface area contributed by atoms with E-state index in [1.165, 1.54) is 17.4 Å². The first-order chi connectivity index (χ1) is 15.5. The van der Waals surface area contributed by atoms with Gasteiger partial charge in [-0.1, -0.05) is 51.8 Å². The zero-order valence-electron chi connectivity index (χ0n) is 16.5. The Hall–Kier alpha value is -3.18. The summed E-state index contributed by atoms with van der Waals surface area (Å²) in [5.41, 5.74) is 1.78. The molecule has 4 rings (SSSR count). The zero-order chi connectivity index (χ0) is 22.5. The van der Waals surface area contributed by atoms with Crippen LogP contribution in [0.2, 0.25) is 5.02 Å². The Kier molecular flexibility index (Phi) is 6.86. The zero-order valence-corrected chi connectivity index (χ0v) is 19.7. The van der Waals surface area contributed by atoms with Gasteiger partial charge in [0.15, 0.2) is 5.13 Å². The van der Waals surface area contributed by atoms with Crippen LogP contribution >= 0.6 is 38.9 Å². The van der Waals surface area contributed by atoms with Gasteiger partial charge in [-0.05, 0) is 42.0 Å². The Labute approximate surface area is 202 Å². The first kappa shape index (κ1) is 22.0. The quantitative estimate of drug-likeness (QED) is 0.218. The average Bonchev–Trinajstić information content (AvgIpc) is 3.43. The highest BCUT2D eigenvalue weighted by Crippen LogP contribution is 2.30. The standard InChI is InChI=1S/C24H15BrClN3O2S/c25-17-7-5-15(6-8-17)11-19-14-28-24(32-19)29-23(30)16(13-27)12-18-9-10-22(31-18)20-3-1-2-4-21(20)26/h1-10,12,14H,11H2,(H,28,29,30). The summed E-state index contributed by atoms with van der Waals surface area (Å²) in [5, 5.41) is 13.1. The number of carbonyl (C=O) groups is 1. The van der Waals surface area contributed by atoms with Crippen LogP contribution in [0.3, 0.4) is 0 Å². The number of aromatic nitrogens is 1. The van der Waals surface area contributed by atoms with Crippen LogP contribution in [0.4, 0.5) is 5.13 Å². The highest BCUT2D eigenvalue weighted by atomic mass is 79.9. The molecule has 5 nitrogen and oxygen atoms in total. The number of halogens is 2. The van der Waals surface area contributed by atoms with E-state index in [0.717, 1.165) is 20.5 Å². The maximum Gasteiger partial charge on any atom is 0.268 e. The summed E-state index contributed by atoms with van der Waals surface area (Å²) in [5.74, 6) is 0.381. The van der Waals surface area contributed by atoms with Crippen LogP contribution < -0.4 is 5.32 Å². The number of rotatable bonds is 6. The van der Waals surface area contributed by atoms with E-state index in [0.29, 0.717) is 28.1 Å². The van der Waals surface area contributed by atoms with Crippen molar-refractivity contribution in [2.45, 2.75) is 6.42 Å². The first-order valence-corrected chi connectivity index (χ1v) is 11.5. The molecule has 0 aliphatic rings. The van der Waals surface area contributed by atoms with Gasteiger partial charge in [-0.15, -0.1) is 11.3 Å². The number of thiazole rings is 1. The molecule has 32 heavy (non-hydrogen) atoms. The number of nitrogens with one attached hydrogen (secondary N) is 1. The normalized spacial score (nSPS) is 11.2. The summed E-state index contributed by atoms with van der Waals surface area (Å²) in [4.78, 5) is 17.8. The summed E-state index contributed by atoms with van der Waals surface area (Å²) in [6.45, 7) is 0. The van der Waals surface area contributed by atoms with Crippen molar-refractivity contribution in [3.05, 3.63) is 98.1 Å². The predicted octanol–water partition coefficient (Wildman–Crippen LogP) is 6.96. The van der Waals surface area contributed by atoms with Gasteiger partial charge < -0.3 is 4.42 Å². The Bertz CT molecular complexity index is 1340. The number of furan rings is 1. The third kappa shape index (κ3) is 5.35. The summed E-state index contributed by atoms with van der Waals surface area (Å²) in [6.07, 6.45) is 3.82. The maximum absolute atomic E-state index is 12.6. The molecular formula is C24H15BrClN3O2S. The van der Waals surface area contributed by atoms with Crippen molar-refractivity contribution in [2.75, 3.05) is 5.32 Å². The van der Waals surface area contributed by atoms with Gasteiger partial charge in [0.2, 0.25) is 0 Å². The van der Waals surface area contributed by atoms with E-state index in [4.69, 9.17) is 16.0 Å². The number of hydrogen-bond acceptors (Lipinski definition) is 5. The smallest absolute Gasteiger partial charge is 0.268 e. The van der Waals surface area contributed by atoms with Crippen molar-refractivity contribution in [3.8, 4) is 17.4 Å². The van der Waals surface area contributed by atoms with E-state index in [9.17, 15) is 10.1 Å². The number of nitriles is 1. The maximum atomic E-state index is 12.6. The van der Waals surface area contributed by atoms with E-state index >= 15 is 0 Å². The molecule has 8 heteroatoms. The topological polar surface area (TPSA) is 78.9 Å². The number of nitrogens with zero attached hydrogens (tertiary/aromatic N) is 2. The van der Waals surface area contributed by atoms with Crippen LogP contribution in [0.1, 0.15) is 16.2 Å². The van der Waals surface area contributed by atoms with Crippen LogP contribution in [0, 0.1) is 11.3 Å². The van der Waals surface area contributed by atoms with E-state index in [1.807, 2.05) is 48.5 Å². The van der Waals surface area contributed by atoms with Crippen molar-refractivity contribution in [3.63, 3.8) is 0 Å². The van der Waals surface area contributed by atoms with Crippen molar-refractivity contribution < 1.29 is 9.21 Å². The fourth-order valence-corrected chi connectivity index (χ4v) is 4.28. The molecule has 1 N–H and O–H groups in total. The molecule has 0 fully saturated rings. The molecule has 2 heterocycles. The van der Waals surface area contributed by atoms with Crippen LogP contribution in [0.25, 0.3) is 17.4 Å². The second kappa shape index (κ2) is 9.96. The van der Waals surface area contributed by atoms with Crippen LogP contribution in [0.15, 0.2) is 81.3 Å². The minimum atomic E-state index is -0.548. The molecule has 0 aliphatic heterocycles. The largest absolute Gasteiger partial charge is 0.457 e. The summed E-state index contributed by atoms with van der Waals surface area (Å²) < 4.78 is 6.77. The molecule has 4 aromatic rings. The van der Waals surface area contributed by atoms with Gasteiger partial charge in [-0.3, -0.25) is 10.1 Å². The van der Waals surface area contributed by atoms with Crippen molar-refractivity contribution in [1.29, 1.82) is 5.26 Å². The minimum absolute atomic E-state index is 0.0882. The Morgan fingerprint density at radius 2 is 1.97 bits per heavy atom. The molecule has 0 bridgehead atoms. The van der Waals surface area contributed by atoms with Gasteiger partial charge in [-0.25, -0.2) is 4.98 Å². The van der Waals surface area contributed by atoms with Crippen molar-refractivity contribution in [1.82, 2.24) is 4.98 Å². The number of amides is 1. The molecule has 1 amide bonds. The molecule has 0 unspecified atom stereocenters. The lowest BCUT2D eigenvalue weighted by Gasteiger charge is -2.00. The van der Waals surface area contributed by atoms with E-state index < -0.39 is 5.91 Å². The van der Waals surface area contributed by atoms with Crippen LogP contribution in [-0.4, -0.2) is 10.9 Å². The molecule has 158 valence electrons. The Morgan fingerprint density at radius 3 is 2.72 bits per heavy atom. The second-order valence-electron chi connectivity index (χ2n) is 6.74. The molecule has 0 atom stereocenters. The fourth-order valence-electron chi connectivity index (χ4n) is 2.94. The van der Waals surface area contributed by atoms with Gasteiger partial charge in [0.05, 0.1) is 5.02 Å². The third-order valence-electron chi connectivity index (χ3n) is 4.48. The molecule has 0 aliphatic carbocycles. The van der Waals surface area contributed by atoms with Gasteiger partial charge >= 0.3 is 0 Å². The van der Waals surface area contributed by atoms with Gasteiger partial charge in [0.25, 0.3) is 5.91 Å². The minimum Gasteiger partial charge on any atom is -0.457 e. The fraction of sp³-hybridized carbons (Fsp3) is 0.0417. The van der Waals surface area contributed by atoms with Gasteiger partial charge in [-0.2, -0.15) is 5.26 Å². The number of benzene rings is 2. The summed E-state index contributed by atoms with van der Waals surface area (Å²) >= 11 is 11.0. The molecule has 0 spiro atoms. The molecule has 0 saturated carbocycles. The SMILES string of the molecule is N#CC(=Cc1ccc(-c2ccccc2Cl)o1)C(=O)Nc1ncc(Cc2ccc(Br)cc2)s1. The monoisotopic (exact) mass is 523 g/mol. The lowest BCUT2D eigenvalue weighted by atomic mass is 10.1. The van der Waals surface area contributed by atoms with Crippen LogP contribution in [0.5, 0.6) is 0 Å². The van der Waals surface area contributed by atoms with Gasteiger partial charge in [0.1, 0.15) is 23.2 Å². The predicted molar refractivity (Wildman–Crippen MR) is 130 cm³/mol. The second-order valence-corrected chi connectivity index (χ2v) is 9.18. The highest BCUT2D eigenvalue weighted by molar-refractivity contribution is 9.10.